The molecule has 3 aromatic rings. The highest BCUT2D eigenvalue weighted by atomic mass is 16.6. The van der Waals surface area contributed by atoms with Crippen LogP contribution < -0.4 is 5.32 Å². The Bertz CT molecular complexity index is 1110. The van der Waals surface area contributed by atoms with E-state index in [-0.39, 0.29) is 23.8 Å². The summed E-state index contributed by atoms with van der Waals surface area (Å²) in [5.74, 6) is 0.00960. The average Bonchev–Trinajstić information content (AvgIpc) is 2.76. The van der Waals surface area contributed by atoms with Gasteiger partial charge in [-0.25, -0.2) is 0 Å². The molecule has 0 saturated carbocycles. The minimum atomic E-state index is -0.403. The highest BCUT2D eigenvalue weighted by Crippen LogP contribution is 2.31. The van der Waals surface area contributed by atoms with Crippen LogP contribution in [0.5, 0.6) is 0 Å². The van der Waals surface area contributed by atoms with Crippen molar-refractivity contribution in [3.63, 3.8) is 0 Å². The maximum Gasteiger partial charge on any atom is 0.278 e. The molecule has 0 bridgehead atoms. The number of benzene rings is 2. The SMILES string of the molecule is CC1CN(C(=O)c2ccc(CNc3ccc([N+](=O)[O-])c4cnccc34)cc2)CC(C)O1. The lowest BCUT2D eigenvalue weighted by Gasteiger charge is -2.35. The Hall–Kier alpha value is -3.52. The summed E-state index contributed by atoms with van der Waals surface area (Å²) in [6.07, 6.45) is 3.18. The summed E-state index contributed by atoms with van der Waals surface area (Å²) in [5, 5.41) is 15.8. The van der Waals surface area contributed by atoms with Gasteiger partial charge in [0.25, 0.3) is 11.6 Å². The van der Waals surface area contributed by atoms with Gasteiger partial charge in [0.1, 0.15) is 0 Å². The summed E-state index contributed by atoms with van der Waals surface area (Å²) in [4.78, 5) is 29.5. The van der Waals surface area contributed by atoms with E-state index >= 15 is 0 Å². The highest BCUT2D eigenvalue weighted by Gasteiger charge is 2.26. The molecule has 1 saturated heterocycles. The van der Waals surface area contributed by atoms with E-state index < -0.39 is 4.92 Å². The van der Waals surface area contributed by atoms with Crippen molar-refractivity contribution in [2.45, 2.75) is 32.6 Å². The maximum absolute atomic E-state index is 12.8. The smallest absolute Gasteiger partial charge is 0.278 e. The van der Waals surface area contributed by atoms with E-state index in [1.54, 1.807) is 18.3 Å². The Morgan fingerprint density at radius 2 is 1.84 bits per heavy atom. The minimum absolute atomic E-state index is 0.00960. The van der Waals surface area contributed by atoms with Crippen LogP contribution in [0.4, 0.5) is 11.4 Å². The fraction of sp³-hybridized carbons (Fsp3) is 0.304. The second-order valence-corrected chi connectivity index (χ2v) is 7.83. The number of hydrogen-bond acceptors (Lipinski definition) is 6. The molecule has 1 fully saturated rings. The molecule has 4 rings (SSSR count). The first-order valence-electron chi connectivity index (χ1n) is 10.2. The summed E-state index contributed by atoms with van der Waals surface area (Å²) < 4.78 is 5.70. The maximum atomic E-state index is 12.8. The van der Waals surface area contributed by atoms with Crippen molar-refractivity contribution in [1.82, 2.24) is 9.88 Å². The molecule has 1 aliphatic rings. The number of pyridine rings is 1. The topological polar surface area (TPSA) is 97.6 Å². The first-order chi connectivity index (χ1) is 14.9. The van der Waals surface area contributed by atoms with Gasteiger partial charge in [-0.2, -0.15) is 0 Å². The lowest BCUT2D eigenvalue weighted by molar-refractivity contribution is -0.383. The number of ether oxygens (including phenoxy) is 1. The fourth-order valence-corrected chi connectivity index (χ4v) is 3.98. The lowest BCUT2D eigenvalue weighted by atomic mass is 10.1. The molecule has 0 spiro atoms. The fourth-order valence-electron chi connectivity index (χ4n) is 3.98. The number of carbonyl (C=O) groups excluding carboxylic acids is 1. The number of anilines is 1. The highest BCUT2D eigenvalue weighted by molar-refractivity contribution is 5.99. The van der Waals surface area contributed by atoms with Crippen molar-refractivity contribution in [1.29, 1.82) is 0 Å². The Morgan fingerprint density at radius 1 is 1.13 bits per heavy atom. The molecule has 1 N–H and O–H groups in total. The Morgan fingerprint density at radius 3 is 2.52 bits per heavy atom. The molecule has 2 unspecified atom stereocenters. The normalized spacial score (nSPS) is 18.7. The van der Waals surface area contributed by atoms with E-state index in [0.29, 0.717) is 30.6 Å². The van der Waals surface area contributed by atoms with Crippen molar-refractivity contribution < 1.29 is 14.5 Å². The summed E-state index contributed by atoms with van der Waals surface area (Å²) in [6, 6.07) is 12.5. The van der Waals surface area contributed by atoms with E-state index in [1.807, 2.05) is 43.0 Å². The van der Waals surface area contributed by atoms with Gasteiger partial charge in [0.15, 0.2) is 0 Å². The molecule has 160 valence electrons. The number of hydrogen-bond donors (Lipinski definition) is 1. The first kappa shape index (κ1) is 20.7. The van der Waals surface area contributed by atoms with Crippen molar-refractivity contribution in [2.24, 2.45) is 0 Å². The van der Waals surface area contributed by atoms with Gasteiger partial charge in [-0.1, -0.05) is 12.1 Å². The summed E-state index contributed by atoms with van der Waals surface area (Å²) in [5.41, 5.74) is 2.47. The summed E-state index contributed by atoms with van der Waals surface area (Å²) in [6.45, 7) is 5.66. The number of aromatic nitrogens is 1. The molecule has 2 heterocycles. The number of nitrogens with zero attached hydrogens (tertiary/aromatic N) is 3. The van der Waals surface area contributed by atoms with Crippen LogP contribution in [-0.4, -0.2) is 46.0 Å². The largest absolute Gasteiger partial charge is 0.380 e. The molecule has 31 heavy (non-hydrogen) atoms. The summed E-state index contributed by atoms with van der Waals surface area (Å²) >= 11 is 0. The Balaban J connectivity index is 1.46. The molecule has 0 aliphatic carbocycles. The van der Waals surface area contributed by atoms with Crippen LogP contribution in [-0.2, 0) is 11.3 Å². The number of fused-ring (bicyclic) bond motifs is 1. The number of morpholine rings is 1. The molecule has 0 radical (unpaired) electrons. The predicted octanol–water partition coefficient (Wildman–Crippen LogP) is 4.00. The van der Waals surface area contributed by atoms with Gasteiger partial charge in [0, 0.05) is 54.7 Å². The van der Waals surface area contributed by atoms with Gasteiger partial charge in [-0.15, -0.1) is 0 Å². The van der Waals surface area contributed by atoms with Crippen LogP contribution in [0.1, 0.15) is 29.8 Å². The van der Waals surface area contributed by atoms with E-state index in [4.69, 9.17) is 4.74 Å². The average molecular weight is 420 g/mol. The quantitative estimate of drug-likeness (QED) is 0.495. The van der Waals surface area contributed by atoms with Crippen LogP contribution >= 0.6 is 0 Å². The number of nitro benzene ring substituents is 1. The zero-order valence-corrected chi connectivity index (χ0v) is 17.4. The molecule has 8 nitrogen and oxygen atoms in total. The molecule has 1 aromatic heterocycles. The Kier molecular flexibility index (Phi) is 5.81. The number of non-ortho nitro benzene ring substituents is 1. The van der Waals surface area contributed by atoms with Crippen molar-refractivity contribution in [2.75, 3.05) is 18.4 Å². The lowest BCUT2D eigenvalue weighted by Crippen LogP contribution is -2.48. The third kappa shape index (κ3) is 4.49. The zero-order chi connectivity index (χ0) is 22.0. The third-order valence-electron chi connectivity index (χ3n) is 5.38. The molecule has 8 heteroatoms. The minimum Gasteiger partial charge on any atom is -0.380 e. The number of carbonyl (C=O) groups is 1. The van der Waals surface area contributed by atoms with Gasteiger partial charge in [-0.05, 0) is 43.7 Å². The van der Waals surface area contributed by atoms with Gasteiger partial charge < -0.3 is 15.0 Å². The van der Waals surface area contributed by atoms with Crippen LogP contribution in [0.25, 0.3) is 10.8 Å². The van der Waals surface area contributed by atoms with Crippen LogP contribution in [0.15, 0.2) is 54.9 Å². The van der Waals surface area contributed by atoms with Gasteiger partial charge in [0.05, 0.1) is 22.5 Å². The number of amides is 1. The van der Waals surface area contributed by atoms with E-state index in [1.165, 1.54) is 12.3 Å². The standard InChI is InChI=1S/C23H24N4O4/c1-15-13-26(14-16(2)31-15)23(28)18-5-3-17(4-6-18)11-25-21-7-8-22(27(29)30)20-12-24-10-9-19(20)21/h3-10,12,15-16,25H,11,13-14H2,1-2H3. The Labute approximate surface area is 180 Å². The molecule has 1 aliphatic heterocycles. The van der Waals surface area contributed by atoms with Gasteiger partial charge in [0.2, 0.25) is 0 Å². The monoisotopic (exact) mass is 420 g/mol. The second-order valence-electron chi connectivity index (χ2n) is 7.83. The second kappa shape index (κ2) is 8.69. The first-order valence-corrected chi connectivity index (χ1v) is 10.2. The van der Waals surface area contributed by atoms with E-state index in [9.17, 15) is 14.9 Å². The van der Waals surface area contributed by atoms with Crippen LogP contribution in [0.3, 0.4) is 0 Å². The van der Waals surface area contributed by atoms with Crippen molar-refractivity contribution >= 4 is 28.1 Å². The number of rotatable bonds is 5. The molecule has 2 aromatic carbocycles. The predicted molar refractivity (Wildman–Crippen MR) is 118 cm³/mol. The van der Waals surface area contributed by atoms with E-state index in [2.05, 4.69) is 10.3 Å². The van der Waals surface area contributed by atoms with Gasteiger partial charge >= 0.3 is 0 Å². The molecular weight excluding hydrogens is 396 g/mol. The van der Waals surface area contributed by atoms with Crippen LogP contribution in [0, 0.1) is 10.1 Å². The van der Waals surface area contributed by atoms with Crippen molar-refractivity contribution in [3.05, 3.63) is 76.1 Å². The van der Waals surface area contributed by atoms with Crippen LogP contribution in [0.2, 0.25) is 0 Å². The number of nitro groups is 1. The third-order valence-corrected chi connectivity index (χ3v) is 5.38. The van der Waals surface area contributed by atoms with Crippen molar-refractivity contribution in [3.8, 4) is 0 Å². The molecule has 2 atom stereocenters. The van der Waals surface area contributed by atoms with E-state index in [0.717, 1.165) is 16.6 Å². The summed E-state index contributed by atoms with van der Waals surface area (Å²) in [7, 11) is 0. The molecule has 1 amide bonds. The molecular formula is C23H24N4O4. The number of nitrogens with one attached hydrogen (secondary N) is 1. The van der Waals surface area contributed by atoms with Gasteiger partial charge in [-0.3, -0.25) is 19.9 Å². The zero-order valence-electron chi connectivity index (χ0n) is 17.4.